The van der Waals surface area contributed by atoms with Crippen molar-refractivity contribution in [3.63, 3.8) is 0 Å². The van der Waals surface area contributed by atoms with Crippen molar-refractivity contribution < 1.29 is 87.1 Å². The van der Waals surface area contributed by atoms with Gasteiger partial charge in [-0.05, 0) is 69.4 Å². The Morgan fingerprint density at radius 3 is 0.931 bits per heavy atom. The molecule has 0 saturated carbocycles. The van der Waals surface area contributed by atoms with Crippen molar-refractivity contribution in [2.75, 3.05) is 233 Å². The van der Waals surface area contributed by atoms with Gasteiger partial charge in [0, 0.05) is 193 Å². The van der Waals surface area contributed by atoms with Gasteiger partial charge in [0.2, 0.25) is 44.7 Å². The summed E-state index contributed by atoms with van der Waals surface area (Å²) >= 11 is 0. The molecule has 2 aliphatic heterocycles. The van der Waals surface area contributed by atoms with Gasteiger partial charge in [0.25, 0.3) is 22.6 Å². The first-order chi connectivity index (χ1) is 52.7. The lowest BCUT2D eigenvalue weighted by molar-refractivity contribution is 0.202. The Hall–Kier alpha value is -0.350. The maximum absolute atomic E-state index is 11.6. The molecule has 116 heavy (non-hydrogen) atoms. The number of nitrogens with two attached hydrogens (primary N) is 7. The molecule has 0 aliphatic carbocycles. The Labute approximate surface area is 700 Å². The summed E-state index contributed by atoms with van der Waals surface area (Å²) in [5.41, 5.74) is 38.3. The minimum absolute atomic E-state index is 0.311. The van der Waals surface area contributed by atoms with E-state index in [1.165, 1.54) is 40.0 Å². The molecular weight excluding hydrogens is 1750 g/mol. The molecule has 0 spiro atoms. The number of benzene rings is 3. The molecule has 0 aromatic heterocycles. The number of ether oxygens (including phenoxy) is 3. The summed E-state index contributed by atoms with van der Waals surface area (Å²) in [4.78, 5) is 0. The first-order valence-electron chi connectivity index (χ1n) is 37.1. The average Bonchev–Trinajstić information content (AvgIpc) is 1.68. The average molecular weight is 1910 g/mol. The molecule has 2 fully saturated rings. The lowest BCUT2D eigenvalue weighted by Gasteiger charge is -2.20. The van der Waals surface area contributed by atoms with E-state index in [1.54, 1.807) is 94.9 Å². The highest BCUT2D eigenvalue weighted by molar-refractivity contribution is 7.62. The number of hydrogen-bond acceptors (Lipinski definition) is 19. The summed E-state index contributed by atoms with van der Waals surface area (Å²) in [7, 11) is -25.6. The van der Waals surface area contributed by atoms with E-state index >= 15 is 0 Å². The number of rotatable bonds is 32. The van der Waals surface area contributed by atoms with Crippen molar-refractivity contribution in [1.82, 2.24) is 61.0 Å². The number of hydrogen-bond donors (Lipinski definition) is 19. The summed E-state index contributed by atoms with van der Waals surface area (Å²) in [5, 5.41) is 34.5. The van der Waals surface area contributed by atoms with Gasteiger partial charge in [-0.25, -0.2) is 5.09 Å². The quantitative estimate of drug-likeness (QED) is 0.0204. The van der Waals surface area contributed by atoms with Crippen LogP contribution in [0.25, 0.3) is 0 Å². The van der Waals surface area contributed by atoms with Crippen LogP contribution in [0.1, 0.15) is 77.5 Å². The second-order valence-corrected chi connectivity index (χ2v) is 59.5. The molecule has 5 atom stereocenters. The van der Waals surface area contributed by atoms with E-state index in [2.05, 4.69) is 76.6 Å². The molecule has 0 amide bonds. The summed E-state index contributed by atoms with van der Waals surface area (Å²) in [6.45, 7) is 48.7. The number of methoxy groups -OCH3 is 3. The zero-order chi connectivity index (χ0) is 92.1. The van der Waals surface area contributed by atoms with Gasteiger partial charge >= 0.3 is 0 Å². The molecule has 51 heteroatoms. The van der Waals surface area contributed by atoms with Gasteiger partial charge in [0.1, 0.15) is 29.2 Å². The van der Waals surface area contributed by atoms with E-state index in [0.29, 0.717) is 78.5 Å². The van der Waals surface area contributed by atoms with Crippen LogP contribution in [0.3, 0.4) is 0 Å². The van der Waals surface area contributed by atoms with Crippen molar-refractivity contribution in [1.29, 1.82) is 0 Å². The van der Waals surface area contributed by atoms with Crippen molar-refractivity contribution >= 4 is 96.4 Å². The fourth-order valence-electron chi connectivity index (χ4n) is 7.26. The monoisotopic (exact) mass is 1910 g/mol. The molecular formula is C65H160N19O19P13. The van der Waals surface area contributed by atoms with Crippen LogP contribution in [-0.2, 0) is 106 Å². The Morgan fingerprint density at radius 1 is 0.379 bits per heavy atom. The Bertz CT molecular complexity index is 3310. The van der Waals surface area contributed by atoms with Crippen LogP contribution >= 0.6 is 96.4 Å². The van der Waals surface area contributed by atoms with E-state index < -0.39 is 96.4 Å². The zero-order valence-corrected chi connectivity index (χ0v) is 86.0. The Balaban J connectivity index is -0.000000183. The fraction of sp³-hybridized carbons (Fsp3) is 0.723. The van der Waals surface area contributed by atoms with Gasteiger partial charge < -0.3 is 46.0 Å². The summed E-state index contributed by atoms with van der Waals surface area (Å²) in [6.07, 6.45) is 3.83. The zero-order valence-electron chi connectivity index (χ0n) is 74.3. The third kappa shape index (κ3) is 134. The predicted molar refractivity (Wildman–Crippen MR) is 501 cm³/mol. The second-order valence-electron chi connectivity index (χ2n) is 27.2. The molecule has 3 aromatic rings. The topological polar surface area (TPSA) is 604 Å². The third-order valence-corrected chi connectivity index (χ3v) is 25.3. The van der Waals surface area contributed by atoms with Crippen LogP contribution in [0, 0.1) is 0 Å². The maximum Gasteiger partial charge on any atom is 0.266 e. The SMILES string of the molecule is CCNP(C)(=O)NCC.CCNP(C)(=O)OCC.CCNP(C)(C)=O.CCOP(C)(N)=O.COCCNP(C)(=O)NCCOC.COCCNP(C)(C)=O.CP(C)(N)=O.CP(N)(=O)Cc1ccccc1.CP(N)(=O)NCc1ccccc1.CP(N)(=O)OCc1ccccc1.CP(N)(N)=O.CP1(=O)NCCCCN1.CP1(=O)NCCCN1. The predicted octanol–water partition coefficient (Wildman–Crippen LogP) is 12.4. The van der Waals surface area contributed by atoms with E-state index in [9.17, 15) is 59.3 Å². The summed E-state index contributed by atoms with van der Waals surface area (Å²) in [6, 6.07) is 28.9. The molecule has 2 heterocycles. The Morgan fingerprint density at radius 2 is 0.672 bits per heavy atom. The highest BCUT2D eigenvalue weighted by Gasteiger charge is 2.18. The van der Waals surface area contributed by atoms with Gasteiger partial charge in [-0.15, -0.1) is 0 Å². The van der Waals surface area contributed by atoms with Crippen molar-refractivity contribution in [2.45, 2.75) is 80.1 Å². The van der Waals surface area contributed by atoms with Gasteiger partial charge in [-0.2, -0.15) is 0 Å². The van der Waals surface area contributed by atoms with Gasteiger partial charge in [0.05, 0.1) is 39.6 Å². The summed E-state index contributed by atoms with van der Waals surface area (Å²) in [5.74, 6) is 0. The molecule has 694 valence electrons. The first-order valence-corrected chi connectivity index (χ1v) is 66.9. The molecule has 5 unspecified atom stereocenters. The molecule has 2 aliphatic rings. The first kappa shape index (κ1) is 131. The van der Waals surface area contributed by atoms with Crippen molar-refractivity contribution in [3.8, 4) is 0 Å². The fourth-order valence-corrected chi connectivity index (χ4v) is 17.2. The lowest BCUT2D eigenvalue weighted by Crippen LogP contribution is -2.30. The van der Waals surface area contributed by atoms with E-state index in [0.717, 1.165) is 81.8 Å². The third-order valence-electron chi connectivity index (χ3n) is 11.6. The molecule has 38 nitrogen and oxygen atoms in total. The van der Waals surface area contributed by atoms with Crippen LogP contribution < -0.4 is 99.6 Å². The van der Waals surface area contributed by atoms with E-state index in [1.807, 2.05) is 126 Å². The highest BCUT2D eigenvalue weighted by Crippen LogP contribution is 2.38. The van der Waals surface area contributed by atoms with Gasteiger partial charge in [-0.3, -0.25) is 136 Å². The van der Waals surface area contributed by atoms with Crippen LogP contribution in [-0.4, -0.2) is 233 Å². The second kappa shape index (κ2) is 73.8. The summed E-state index contributed by atoms with van der Waals surface area (Å²) < 4.78 is 170. The molecule has 0 bridgehead atoms. The molecule has 0 radical (unpaired) electrons. The van der Waals surface area contributed by atoms with E-state index in [4.69, 9.17) is 50.8 Å². The number of nitrogens with one attached hydrogen (secondary N) is 12. The normalized spacial score (nSPS) is 16.1. The highest BCUT2D eigenvalue weighted by atomic mass is 31.2. The lowest BCUT2D eigenvalue weighted by atomic mass is 10.2. The maximum atomic E-state index is 11.6. The largest absolute Gasteiger partial charge is 0.383 e. The van der Waals surface area contributed by atoms with Gasteiger partial charge in [0.15, 0.2) is 0 Å². The van der Waals surface area contributed by atoms with Crippen LogP contribution in [0.5, 0.6) is 0 Å². The van der Waals surface area contributed by atoms with Crippen LogP contribution in [0.15, 0.2) is 91.0 Å². The van der Waals surface area contributed by atoms with Crippen molar-refractivity contribution in [2.24, 2.45) is 38.5 Å². The minimum Gasteiger partial charge on any atom is -0.383 e. The molecule has 3 aromatic carbocycles. The van der Waals surface area contributed by atoms with Crippen LogP contribution in [0.4, 0.5) is 0 Å². The molecule has 5 rings (SSSR count). The smallest absolute Gasteiger partial charge is 0.266 e. The Kier molecular flexibility index (Phi) is 83.5. The molecule has 2 saturated heterocycles. The minimum atomic E-state index is -2.83. The standard InChI is InChI=1S/C8H13N2OP.C8H12NO2P.C8H12NOP.C7H19N2O3P.C5H13N2OP.C5H15N2OP.2C5H14NO2P.C4H11N2OP.C4H12NOP.C3H10NO2P.C2H8NOP.CH7N2OP/c1-12(9,11)10-7-8-5-3-2-4-6-8;1-12(9,10)11-7-8-5-3-2-4-6-8;1-11(9,10)7-8-5-3-2-4-6-8;1-11-6-4-8-13(3,10)9-5-7-12-2;1-9(8)6-4-2-3-5-7-9;1-4-6-9(3,8)7-5-2;1-8-5-4-6-9(2,3)7;1-4-6-9(3,7)8-5-2;1-8(7)5-3-2-4-6-8;1-4-5-7(2,3)6;1-3-6-7(2,4)5;2*1-5(2,3)4/h2-6H,7H2,1H3,(H3,9,10,11);2-6H,7H2,1H3,(H2,9,10);2-6H,7H2,1H3,(H2,9,10);4-7H2,1-3H3,(H2,8,9,10);2-5H2,1H3,(H2,6,7,8);4-5H2,1-3H3,(H2,6,7,8);2*4-5H2,1-3H3,(H,6,7);2-4H2,1H3,(H2,5,6,7);4H2,1-3H3,(H,5,6);3H2,1-2H3,(H2,4,5);1-2H3,(H2,3,4);1H3,(H4,2,3,4). The molecule has 26 N–H and O–H groups in total. The van der Waals surface area contributed by atoms with Crippen LogP contribution in [0.2, 0.25) is 0 Å². The van der Waals surface area contributed by atoms with Crippen molar-refractivity contribution in [3.05, 3.63) is 108 Å². The van der Waals surface area contributed by atoms with Gasteiger partial charge in [-0.1, -0.05) is 119 Å². The van der Waals surface area contributed by atoms with E-state index in [-0.39, 0.29) is 0 Å².